The molecule has 0 nitrogen and oxygen atoms in total. The molecule has 0 aromatic rings. The number of hydrogen-bond acceptors (Lipinski definition) is 0. The molecule has 6 heteroatoms. The van der Waals surface area contributed by atoms with Gasteiger partial charge >= 0.3 is 23.7 Å². The van der Waals surface area contributed by atoms with Crippen molar-refractivity contribution in [2.45, 2.75) is 0 Å². The molecule has 0 aliphatic carbocycles. The number of rotatable bonds is 0. The van der Waals surface area contributed by atoms with Crippen molar-refractivity contribution in [1.29, 1.82) is 0 Å². The van der Waals surface area contributed by atoms with E-state index >= 15 is 0 Å². The van der Waals surface area contributed by atoms with Crippen molar-refractivity contribution in [1.82, 2.24) is 0 Å². The zero-order chi connectivity index (χ0) is 4.50. The van der Waals surface area contributed by atoms with Crippen LogP contribution in [0.1, 0.15) is 0 Å². The maximum Gasteiger partial charge on any atom is 1.00 e. The minimum atomic E-state index is -4.53. The first-order chi connectivity index (χ1) is 2.00. The van der Waals surface area contributed by atoms with Gasteiger partial charge in [0.05, 0.1) is 0 Å². The molecule has 0 rings (SSSR count). The molecule has 0 bridgehead atoms. The van der Waals surface area contributed by atoms with Crippen LogP contribution in [0.4, 0.5) is 12.9 Å². The SMILES string of the molecule is F[B-](F)(F)I.[Li+]. The molecule has 0 unspecified atom stereocenters. The third kappa shape index (κ3) is 64.8. The van der Waals surface area contributed by atoms with Gasteiger partial charge in [0.15, 0.2) is 0 Å². The molecule has 0 saturated carbocycles. The first-order valence-corrected chi connectivity index (χ1v) is 2.12. The van der Waals surface area contributed by atoms with E-state index in [4.69, 9.17) is 0 Å². The molecule has 0 radical (unpaired) electrons. The Labute approximate surface area is 59.0 Å². The Bertz CT molecular complexity index is 26.3. The Balaban J connectivity index is 0. The van der Waals surface area contributed by atoms with Gasteiger partial charge in [-0.2, -0.15) is 0 Å². The van der Waals surface area contributed by atoms with Gasteiger partial charge < -0.3 is 12.9 Å². The third-order valence-electron chi connectivity index (χ3n) is 0. The van der Waals surface area contributed by atoms with E-state index in [1.807, 2.05) is 0 Å². The Morgan fingerprint density at radius 2 is 1.17 bits per heavy atom. The summed E-state index contributed by atoms with van der Waals surface area (Å²) in [7, 11) is 0. The van der Waals surface area contributed by atoms with E-state index in [-0.39, 0.29) is 18.9 Å². The smallest absolute Gasteiger partial charge is 0.440 e. The average molecular weight is 202 g/mol. The molecule has 0 atom stereocenters. The fourth-order valence-electron chi connectivity index (χ4n) is 0. The summed E-state index contributed by atoms with van der Waals surface area (Å²) in [6.45, 7) is 0. The molecular weight excluding hydrogens is 202 g/mol. The molecule has 0 aliphatic rings. The second-order valence-electron chi connectivity index (χ2n) is 0.495. The van der Waals surface area contributed by atoms with Gasteiger partial charge in [-0.3, -0.25) is 0 Å². The first-order valence-electron chi connectivity index (χ1n) is 0.873. The monoisotopic (exact) mass is 202 g/mol. The van der Waals surface area contributed by atoms with Gasteiger partial charge in [-0.15, -0.1) is 0 Å². The Morgan fingerprint density at radius 3 is 1.17 bits per heavy atom. The van der Waals surface area contributed by atoms with Crippen LogP contribution in [0.3, 0.4) is 0 Å². The Hall–Kier alpha value is 1.18. The summed E-state index contributed by atoms with van der Waals surface area (Å²) in [5.41, 5.74) is 0. The quantitative estimate of drug-likeness (QED) is 0.340. The maximum atomic E-state index is 10.4. The van der Waals surface area contributed by atoms with E-state index in [1.54, 1.807) is 0 Å². The van der Waals surface area contributed by atoms with E-state index in [1.165, 1.54) is 0 Å². The van der Waals surface area contributed by atoms with Crippen molar-refractivity contribution in [2.24, 2.45) is 0 Å². The minimum Gasteiger partial charge on any atom is -0.440 e. The van der Waals surface area contributed by atoms with Crippen LogP contribution in [0.5, 0.6) is 0 Å². The second kappa shape index (κ2) is 3.22. The maximum absolute atomic E-state index is 10.4. The van der Waals surface area contributed by atoms with Gasteiger partial charge in [-0.05, 0) is 0 Å². The van der Waals surface area contributed by atoms with E-state index in [2.05, 4.69) is 0 Å². The van der Waals surface area contributed by atoms with E-state index < -0.39 is 4.83 Å². The minimum absolute atomic E-state index is 0. The second-order valence-corrected chi connectivity index (χ2v) is 1.91. The van der Waals surface area contributed by atoms with E-state index in [0.717, 1.165) is 0 Å². The van der Waals surface area contributed by atoms with Gasteiger partial charge in [0, 0.05) is 0 Å². The summed E-state index contributed by atoms with van der Waals surface area (Å²) < 4.78 is 31.2. The van der Waals surface area contributed by atoms with Crippen LogP contribution in [0.25, 0.3) is 0 Å². The van der Waals surface area contributed by atoms with Gasteiger partial charge in [0.1, 0.15) is 0 Å². The molecule has 0 heterocycles. The standard InChI is InChI=1S/BF3I.Li/c2-1(3,4)5;/q-1;+1. The van der Waals surface area contributed by atoms with Crippen molar-refractivity contribution >= 4 is 27.2 Å². The molecule has 0 amide bonds. The molecule has 0 N–H and O–H groups in total. The number of halogens is 4. The van der Waals surface area contributed by atoms with Crippen molar-refractivity contribution in [2.75, 3.05) is 0 Å². The molecule has 32 valence electrons. The van der Waals surface area contributed by atoms with E-state index in [9.17, 15) is 12.9 Å². The molecule has 0 spiro atoms. The summed E-state index contributed by atoms with van der Waals surface area (Å²) >= 11 is 0.440. The van der Waals surface area contributed by atoms with Crippen LogP contribution in [0.2, 0.25) is 0 Å². The molecule has 0 fully saturated rings. The van der Waals surface area contributed by atoms with Crippen molar-refractivity contribution in [3.8, 4) is 0 Å². The van der Waals surface area contributed by atoms with Gasteiger partial charge in [0.25, 0.3) is 0 Å². The largest absolute Gasteiger partial charge is 1.00 e. The van der Waals surface area contributed by atoms with Crippen LogP contribution in [0.15, 0.2) is 0 Å². The summed E-state index contributed by atoms with van der Waals surface area (Å²) in [5, 5.41) is 0. The van der Waals surface area contributed by atoms with Crippen LogP contribution in [0, 0.1) is 0 Å². The summed E-state index contributed by atoms with van der Waals surface area (Å²) in [6, 6.07) is 0. The van der Waals surface area contributed by atoms with Crippen LogP contribution in [-0.2, 0) is 0 Å². The zero-order valence-corrected chi connectivity index (χ0v) is 5.25. The Kier molecular flexibility index (Phi) is 5.48. The van der Waals surface area contributed by atoms with E-state index in [0.29, 0.717) is 22.4 Å². The molecular formula is BF3ILi. The van der Waals surface area contributed by atoms with Crippen molar-refractivity contribution in [3.63, 3.8) is 0 Å². The third-order valence-corrected chi connectivity index (χ3v) is 0. The van der Waals surface area contributed by atoms with Gasteiger partial charge in [-0.25, -0.2) is 22.4 Å². The summed E-state index contributed by atoms with van der Waals surface area (Å²) in [5.74, 6) is 0. The molecule has 0 aliphatic heterocycles. The van der Waals surface area contributed by atoms with Crippen LogP contribution in [-0.4, -0.2) is 4.83 Å². The molecule has 0 aromatic heterocycles. The molecule has 6 heavy (non-hydrogen) atoms. The fourth-order valence-corrected chi connectivity index (χ4v) is 0. The van der Waals surface area contributed by atoms with Gasteiger partial charge in [0.2, 0.25) is 0 Å². The average Bonchev–Trinajstić information content (AvgIpc) is 0.722. The topological polar surface area (TPSA) is 0 Å². The van der Waals surface area contributed by atoms with Crippen molar-refractivity contribution < 1.29 is 31.8 Å². The fraction of sp³-hybridized carbons (Fsp3) is 0. The Morgan fingerprint density at radius 1 is 1.17 bits per heavy atom. The number of hydrogen-bond donors (Lipinski definition) is 0. The predicted octanol–water partition coefficient (Wildman–Crippen LogP) is -1.23. The molecule has 0 aromatic carbocycles. The van der Waals surface area contributed by atoms with Gasteiger partial charge in [-0.1, -0.05) is 0 Å². The summed E-state index contributed by atoms with van der Waals surface area (Å²) in [4.78, 5) is -4.53. The predicted molar refractivity (Wildman–Crippen MR) is 23.1 cm³/mol. The van der Waals surface area contributed by atoms with Crippen LogP contribution < -0.4 is 18.9 Å². The normalized spacial score (nSPS) is 10.0. The zero-order valence-electron chi connectivity index (χ0n) is 3.09. The van der Waals surface area contributed by atoms with Crippen molar-refractivity contribution in [3.05, 3.63) is 0 Å². The first kappa shape index (κ1) is 10.2. The summed E-state index contributed by atoms with van der Waals surface area (Å²) in [6.07, 6.45) is 0. The van der Waals surface area contributed by atoms with Crippen LogP contribution >= 0.6 is 22.4 Å². The molecule has 0 saturated heterocycles.